The standard InChI is InChI=1S/C32H29N7O/c1-21-14-15-26(16-22(21)2)38-31-28(19-35-38)32(34-20-33-31)39-29(17-23(3)37-39)36-30(40)18-27(24-10-6-4-7-11-24)25-12-8-5-9-13-25/h4-17,19-20,27H,18H2,1-3H3,(H,36,40). The minimum absolute atomic E-state index is 0.0816. The molecule has 0 spiro atoms. The first-order valence-corrected chi connectivity index (χ1v) is 13.2. The molecule has 8 heteroatoms. The zero-order valence-corrected chi connectivity index (χ0v) is 22.6. The molecule has 3 aromatic heterocycles. The fraction of sp³-hybridized carbons (Fsp3) is 0.156. The first-order valence-electron chi connectivity index (χ1n) is 13.2. The number of nitrogens with one attached hydrogen (secondary N) is 1. The van der Waals surface area contributed by atoms with Gasteiger partial charge in [-0.2, -0.15) is 14.9 Å². The number of carbonyl (C=O) groups excluding carboxylic acids is 1. The highest BCUT2D eigenvalue weighted by Gasteiger charge is 2.21. The maximum absolute atomic E-state index is 13.5. The molecule has 0 saturated carbocycles. The van der Waals surface area contributed by atoms with Crippen LogP contribution in [0.2, 0.25) is 0 Å². The quantitative estimate of drug-likeness (QED) is 0.271. The minimum Gasteiger partial charge on any atom is -0.310 e. The van der Waals surface area contributed by atoms with Gasteiger partial charge in [-0.3, -0.25) is 4.79 Å². The van der Waals surface area contributed by atoms with Gasteiger partial charge in [-0.25, -0.2) is 14.6 Å². The number of fused-ring (bicyclic) bond motifs is 1. The number of anilines is 1. The minimum atomic E-state index is -0.116. The van der Waals surface area contributed by atoms with Gasteiger partial charge in [0.15, 0.2) is 11.5 Å². The molecule has 3 heterocycles. The number of amides is 1. The Morgan fingerprint density at radius 2 is 1.52 bits per heavy atom. The van der Waals surface area contributed by atoms with Gasteiger partial charge in [0.2, 0.25) is 5.91 Å². The van der Waals surface area contributed by atoms with Crippen LogP contribution in [0.5, 0.6) is 0 Å². The first-order chi connectivity index (χ1) is 19.5. The topological polar surface area (TPSA) is 90.5 Å². The van der Waals surface area contributed by atoms with Crippen LogP contribution in [0.4, 0.5) is 5.82 Å². The van der Waals surface area contributed by atoms with Crippen molar-refractivity contribution in [3.8, 4) is 11.5 Å². The summed E-state index contributed by atoms with van der Waals surface area (Å²) in [5.41, 5.74) is 6.89. The number of aromatic nitrogens is 6. The third-order valence-electron chi connectivity index (χ3n) is 7.17. The summed E-state index contributed by atoms with van der Waals surface area (Å²) >= 11 is 0. The first kappa shape index (κ1) is 25.2. The molecule has 0 atom stereocenters. The molecule has 0 aliphatic heterocycles. The molecule has 198 valence electrons. The summed E-state index contributed by atoms with van der Waals surface area (Å²) in [7, 11) is 0. The van der Waals surface area contributed by atoms with Crippen molar-refractivity contribution in [1.82, 2.24) is 29.5 Å². The molecule has 0 aliphatic rings. The number of rotatable bonds is 7. The Kier molecular flexibility index (Phi) is 6.66. The van der Waals surface area contributed by atoms with Gasteiger partial charge in [0.25, 0.3) is 0 Å². The van der Waals surface area contributed by atoms with E-state index in [9.17, 15) is 4.79 Å². The van der Waals surface area contributed by atoms with E-state index in [1.54, 1.807) is 15.6 Å². The second-order valence-corrected chi connectivity index (χ2v) is 9.97. The summed E-state index contributed by atoms with van der Waals surface area (Å²) in [5, 5.41) is 13.1. The number of aryl methyl sites for hydroxylation is 3. The lowest BCUT2D eigenvalue weighted by molar-refractivity contribution is -0.116. The number of nitrogens with zero attached hydrogens (tertiary/aromatic N) is 6. The summed E-state index contributed by atoms with van der Waals surface area (Å²) in [5.74, 6) is 0.893. The zero-order valence-electron chi connectivity index (χ0n) is 22.6. The second kappa shape index (κ2) is 10.6. The van der Waals surface area contributed by atoms with E-state index in [0.717, 1.165) is 27.9 Å². The molecule has 40 heavy (non-hydrogen) atoms. The van der Waals surface area contributed by atoms with E-state index in [0.29, 0.717) is 17.3 Å². The lowest BCUT2D eigenvalue weighted by Crippen LogP contribution is -2.19. The maximum atomic E-state index is 13.5. The molecule has 6 aromatic rings. The van der Waals surface area contributed by atoms with Crippen molar-refractivity contribution in [3.05, 3.63) is 125 Å². The number of hydrogen-bond donors (Lipinski definition) is 1. The van der Waals surface area contributed by atoms with Crippen LogP contribution in [0, 0.1) is 20.8 Å². The maximum Gasteiger partial charge on any atom is 0.226 e. The Hall–Kier alpha value is -5.11. The molecular formula is C32H29N7O. The summed E-state index contributed by atoms with van der Waals surface area (Å²) in [6, 6.07) is 28.2. The number of hydrogen-bond acceptors (Lipinski definition) is 5. The molecule has 3 aromatic carbocycles. The van der Waals surface area contributed by atoms with E-state index in [1.807, 2.05) is 55.5 Å². The second-order valence-electron chi connectivity index (χ2n) is 9.97. The molecule has 8 nitrogen and oxygen atoms in total. The van der Waals surface area contributed by atoms with Crippen molar-refractivity contribution < 1.29 is 4.79 Å². The highest BCUT2D eigenvalue weighted by molar-refractivity contribution is 5.92. The lowest BCUT2D eigenvalue weighted by Gasteiger charge is -2.18. The van der Waals surface area contributed by atoms with Crippen molar-refractivity contribution >= 4 is 22.8 Å². The normalized spacial score (nSPS) is 11.3. The van der Waals surface area contributed by atoms with Gasteiger partial charge in [-0.05, 0) is 55.2 Å². The van der Waals surface area contributed by atoms with Crippen molar-refractivity contribution in [3.63, 3.8) is 0 Å². The van der Waals surface area contributed by atoms with E-state index in [1.165, 1.54) is 17.5 Å². The highest BCUT2D eigenvalue weighted by atomic mass is 16.1. The summed E-state index contributed by atoms with van der Waals surface area (Å²) in [4.78, 5) is 22.5. The van der Waals surface area contributed by atoms with Gasteiger partial charge in [-0.1, -0.05) is 66.7 Å². The van der Waals surface area contributed by atoms with Crippen LogP contribution in [-0.2, 0) is 4.79 Å². The predicted octanol–water partition coefficient (Wildman–Crippen LogP) is 6.09. The van der Waals surface area contributed by atoms with Gasteiger partial charge < -0.3 is 5.32 Å². The van der Waals surface area contributed by atoms with Crippen LogP contribution in [0.3, 0.4) is 0 Å². The Labute approximate surface area is 232 Å². The van der Waals surface area contributed by atoms with E-state index in [-0.39, 0.29) is 18.2 Å². The summed E-state index contributed by atoms with van der Waals surface area (Å²) in [6.07, 6.45) is 3.52. The third kappa shape index (κ3) is 4.87. The van der Waals surface area contributed by atoms with Crippen LogP contribution < -0.4 is 5.32 Å². The van der Waals surface area contributed by atoms with Gasteiger partial charge in [0.05, 0.1) is 23.0 Å². The van der Waals surface area contributed by atoms with Crippen LogP contribution in [0.1, 0.15) is 40.3 Å². The monoisotopic (exact) mass is 527 g/mol. The zero-order chi connectivity index (χ0) is 27.6. The van der Waals surface area contributed by atoms with E-state index in [2.05, 4.69) is 75.7 Å². The molecule has 0 fully saturated rings. The third-order valence-corrected chi connectivity index (χ3v) is 7.17. The molecule has 0 bridgehead atoms. The van der Waals surface area contributed by atoms with Crippen molar-refractivity contribution in [2.75, 3.05) is 5.32 Å². The van der Waals surface area contributed by atoms with Gasteiger partial charge >= 0.3 is 0 Å². The largest absolute Gasteiger partial charge is 0.310 e. The van der Waals surface area contributed by atoms with E-state index in [4.69, 9.17) is 0 Å². The van der Waals surface area contributed by atoms with Gasteiger partial charge in [0, 0.05) is 18.4 Å². The Morgan fingerprint density at radius 1 is 0.825 bits per heavy atom. The molecular weight excluding hydrogens is 498 g/mol. The predicted molar refractivity (Wildman–Crippen MR) is 156 cm³/mol. The molecule has 0 saturated heterocycles. The lowest BCUT2D eigenvalue weighted by atomic mass is 9.88. The van der Waals surface area contributed by atoms with Crippen LogP contribution in [0.25, 0.3) is 22.5 Å². The van der Waals surface area contributed by atoms with Crippen molar-refractivity contribution in [1.29, 1.82) is 0 Å². The van der Waals surface area contributed by atoms with Crippen molar-refractivity contribution in [2.45, 2.75) is 33.1 Å². The molecule has 0 aliphatic carbocycles. The van der Waals surface area contributed by atoms with Gasteiger partial charge in [-0.15, -0.1) is 0 Å². The van der Waals surface area contributed by atoms with Crippen molar-refractivity contribution in [2.24, 2.45) is 0 Å². The Bertz CT molecular complexity index is 1770. The molecule has 0 unspecified atom stereocenters. The fourth-order valence-corrected chi connectivity index (χ4v) is 4.97. The van der Waals surface area contributed by atoms with Crippen LogP contribution in [-0.4, -0.2) is 35.4 Å². The summed E-state index contributed by atoms with van der Waals surface area (Å²) in [6.45, 7) is 6.05. The number of benzene rings is 3. The van der Waals surface area contributed by atoms with Gasteiger partial charge in [0.1, 0.15) is 12.1 Å². The van der Waals surface area contributed by atoms with Crippen LogP contribution in [0.15, 0.2) is 97.5 Å². The molecule has 1 amide bonds. The molecule has 6 rings (SSSR count). The average Bonchev–Trinajstić information content (AvgIpc) is 3.57. The highest BCUT2D eigenvalue weighted by Crippen LogP contribution is 2.29. The SMILES string of the molecule is Cc1cc(NC(=O)CC(c2ccccc2)c2ccccc2)n(-c2ncnc3c2cnn3-c2ccc(C)c(C)c2)n1. The fourth-order valence-electron chi connectivity index (χ4n) is 4.97. The van der Waals surface area contributed by atoms with E-state index < -0.39 is 0 Å². The van der Waals surface area contributed by atoms with Crippen LogP contribution >= 0.6 is 0 Å². The smallest absolute Gasteiger partial charge is 0.226 e. The molecule has 1 N–H and O–H groups in total. The van der Waals surface area contributed by atoms with E-state index >= 15 is 0 Å². The Balaban J connectivity index is 1.33. The number of carbonyl (C=O) groups is 1. The Morgan fingerprint density at radius 3 is 2.20 bits per heavy atom. The molecule has 0 radical (unpaired) electrons. The summed E-state index contributed by atoms with van der Waals surface area (Å²) < 4.78 is 3.45. The average molecular weight is 528 g/mol.